The Labute approximate surface area is 205 Å². The molecule has 0 aliphatic heterocycles. The van der Waals surface area contributed by atoms with Crippen molar-refractivity contribution >= 4 is 20.0 Å². The Kier molecular flexibility index (Phi) is 12.0. The first kappa shape index (κ1) is 30.7. The fourth-order valence-corrected chi connectivity index (χ4v) is 3.63. The second-order valence-corrected chi connectivity index (χ2v) is 15.0. The molecule has 0 spiro atoms. The van der Waals surface area contributed by atoms with Crippen LogP contribution in [-0.2, 0) is 21.0 Å². The number of carbonyl (C=O) groups excluding carboxylic acids is 2. The van der Waals surface area contributed by atoms with Crippen molar-refractivity contribution < 1.29 is 37.0 Å². The largest absolute Gasteiger partial charge is 0.488 e. The van der Waals surface area contributed by atoms with Gasteiger partial charge in [0.2, 0.25) is 5.43 Å². The zero-order valence-electron chi connectivity index (χ0n) is 21.4. The van der Waals surface area contributed by atoms with Gasteiger partial charge in [0.15, 0.2) is 5.75 Å². The Morgan fingerprint density at radius 3 is 2.34 bits per heavy atom. The van der Waals surface area contributed by atoms with Gasteiger partial charge in [-0.05, 0) is 26.3 Å². The third-order valence-electron chi connectivity index (χ3n) is 5.08. The Morgan fingerprint density at radius 2 is 1.80 bits per heavy atom. The van der Waals surface area contributed by atoms with Crippen LogP contribution in [0.4, 0.5) is 13.2 Å². The minimum absolute atomic E-state index is 0.0259. The molecule has 0 radical (unpaired) electrons. The number of hydrogen-bond donors (Lipinski definition) is 0. The van der Waals surface area contributed by atoms with Crippen LogP contribution in [0.3, 0.4) is 0 Å². The van der Waals surface area contributed by atoms with E-state index in [1.165, 1.54) is 17.7 Å². The first-order chi connectivity index (χ1) is 16.2. The number of hydrogen-bond acceptors (Lipinski definition) is 6. The van der Waals surface area contributed by atoms with Gasteiger partial charge < -0.3 is 23.7 Å². The van der Waals surface area contributed by atoms with Crippen LogP contribution in [0.25, 0.3) is 0 Å². The molecule has 12 heteroatoms. The Balaban J connectivity index is 3.36. The molecule has 200 valence electrons. The normalized spacial score (nSPS) is 12.8. The van der Waals surface area contributed by atoms with E-state index in [1.807, 2.05) is 6.92 Å². The Morgan fingerprint density at radius 1 is 1.14 bits per heavy atom. The van der Waals surface area contributed by atoms with Crippen LogP contribution in [0.2, 0.25) is 25.7 Å². The number of pyridine rings is 1. The molecule has 1 amide bonds. The molecule has 0 fully saturated rings. The zero-order valence-corrected chi connectivity index (χ0v) is 22.4. The standard InChI is InChI=1S/C23H37F3N2O6Si/c1-7-9-10-34-19-14-27(16-32-11-12-35(4,5)6)13-18(21(19)30)22(31)28(15-20(29)33-8-2)17(3)23(24,25)26/h13-14,17H,7-12,15-16H2,1-6H3/t17-/m1/s1. The summed E-state index contributed by atoms with van der Waals surface area (Å²) in [6.07, 6.45) is -0.886. The highest BCUT2D eigenvalue weighted by Gasteiger charge is 2.43. The second-order valence-electron chi connectivity index (χ2n) is 9.39. The summed E-state index contributed by atoms with van der Waals surface area (Å²) in [5.74, 6) is -2.43. The lowest BCUT2D eigenvalue weighted by Gasteiger charge is -2.30. The first-order valence-corrected chi connectivity index (χ1v) is 15.4. The summed E-state index contributed by atoms with van der Waals surface area (Å²) < 4.78 is 57.8. The van der Waals surface area contributed by atoms with Crippen LogP contribution in [0.1, 0.15) is 44.0 Å². The van der Waals surface area contributed by atoms with E-state index in [1.54, 1.807) is 0 Å². The van der Waals surface area contributed by atoms with E-state index in [0.717, 1.165) is 25.6 Å². The van der Waals surface area contributed by atoms with Crippen LogP contribution in [-0.4, -0.2) is 68.0 Å². The average molecular weight is 523 g/mol. The molecule has 8 nitrogen and oxygen atoms in total. The molecule has 1 rings (SSSR count). The number of amides is 1. The van der Waals surface area contributed by atoms with Crippen molar-refractivity contribution in [3.05, 3.63) is 28.2 Å². The van der Waals surface area contributed by atoms with Gasteiger partial charge in [-0.3, -0.25) is 14.4 Å². The number of unbranched alkanes of at least 4 members (excludes halogenated alkanes) is 1. The summed E-state index contributed by atoms with van der Waals surface area (Å²) in [6, 6.07) is -1.44. The van der Waals surface area contributed by atoms with Gasteiger partial charge in [-0.1, -0.05) is 33.0 Å². The van der Waals surface area contributed by atoms with Crippen LogP contribution in [0.5, 0.6) is 5.75 Å². The monoisotopic (exact) mass is 522 g/mol. The number of halogens is 3. The molecule has 0 bridgehead atoms. The summed E-state index contributed by atoms with van der Waals surface area (Å²) >= 11 is 0. The molecule has 1 atom stereocenters. The molecular weight excluding hydrogens is 485 g/mol. The lowest BCUT2D eigenvalue weighted by molar-refractivity contribution is -0.175. The third-order valence-corrected chi connectivity index (χ3v) is 6.78. The van der Waals surface area contributed by atoms with Crippen LogP contribution in [0.15, 0.2) is 17.2 Å². The predicted octanol–water partition coefficient (Wildman–Crippen LogP) is 4.30. The Hall–Kier alpha value is -2.34. The molecule has 35 heavy (non-hydrogen) atoms. The number of nitrogens with zero attached hydrogens (tertiary/aromatic N) is 2. The minimum Gasteiger partial charge on any atom is -0.488 e. The summed E-state index contributed by atoms with van der Waals surface area (Å²) in [7, 11) is -1.35. The Bertz CT molecular complexity index is 899. The van der Waals surface area contributed by atoms with Gasteiger partial charge in [0, 0.05) is 20.9 Å². The molecule has 1 aromatic rings. The van der Waals surface area contributed by atoms with Gasteiger partial charge in [-0.2, -0.15) is 13.2 Å². The van der Waals surface area contributed by atoms with Crippen molar-refractivity contribution in [2.75, 3.05) is 26.4 Å². The summed E-state index contributed by atoms with van der Waals surface area (Å²) in [6.45, 7) is 10.3. The van der Waals surface area contributed by atoms with Crippen molar-refractivity contribution in [3.8, 4) is 5.75 Å². The molecule has 0 aromatic carbocycles. The maximum atomic E-state index is 13.5. The van der Waals surface area contributed by atoms with Crippen molar-refractivity contribution in [2.45, 2.75) is 78.2 Å². The zero-order chi connectivity index (χ0) is 26.8. The molecule has 0 saturated heterocycles. The molecule has 0 N–H and O–H groups in total. The number of carbonyl (C=O) groups is 2. The van der Waals surface area contributed by atoms with Crippen molar-refractivity contribution in [2.24, 2.45) is 0 Å². The fourth-order valence-electron chi connectivity index (χ4n) is 2.87. The van der Waals surface area contributed by atoms with E-state index < -0.39 is 49.7 Å². The van der Waals surface area contributed by atoms with Gasteiger partial charge in [0.05, 0.1) is 19.4 Å². The van der Waals surface area contributed by atoms with Crippen molar-refractivity contribution in [1.29, 1.82) is 0 Å². The van der Waals surface area contributed by atoms with Crippen LogP contribution >= 0.6 is 0 Å². The van der Waals surface area contributed by atoms with E-state index in [2.05, 4.69) is 19.6 Å². The molecule has 1 heterocycles. The first-order valence-electron chi connectivity index (χ1n) is 11.7. The van der Waals surface area contributed by atoms with Crippen LogP contribution < -0.4 is 10.2 Å². The minimum atomic E-state index is -4.82. The topological polar surface area (TPSA) is 87.1 Å². The maximum absolute atomic E-state index is 13.5. The molecule has 1 aromatic heterocycles. The maximum Gasteiger partial charge on any atom is 0.408 e. The SMILES string of the molecule is CCCCOc1cn(COCC[Si](C)(C)C)cc(C(=O)N(CC(=O)OCC)[C@H](C)C(F)(F)F)c1=O. The van der Waals surface area contributed by atoms with Gasteiger partial charge in [-0.15, -0.1) is 0 Å². The average Bonchev–Trinajstić information content (AvgIpc) is 2.75. The van der Waals surface area contributed by atoms with E-state index >= 15 is 0 Å². The molecule has 0 aliphatic carbocycles. The third kappa shape index (κ3) is 10.4. The molecular formula is C23H37F3N2O6Si. The highest BCUT2D eigenvalue weighted by molar-refractivity contribution is 6.76. The highest BCUT2D eigenvalue weighted by Crippen LogP contribution is 2.26. The quantitative estimate of drug-likeness (QED) is 0.206. The van der Waals surface area contributed by atoms with E-state index in [0.29, 0.717) is 17.9 Å². The highest BCUT2D eigenvalue weighted by atomic mass is 28.3. The summed E-state index contributed by atoms with van der Waals surface area (Å²) in [4.78, 5) is 38.4. The van der Waals surface area contributed by atoms with E-state index in [-0.39, 0.29) is 25.7 Å². The van der Waals surface area contributed by atoms with Crippen molar-refractivity contribution in [1.82, 2.24) is 9.47 Å². The predicted molar refractivity (Wildman–Crippen MR) is 128 cm³/mol. The van der Waals surface area contributed by atoms with E-state index in [9.17, 15) is 27.6 Å². The number of rotatable bonds is 14. The van der Waals surface area contributed by atoms with Gasteiger partial charge in [0.1, 0.15) is 24.9 Å². The lowest BCUT2D eigenvalue weighted by Crippen LogP contribution is -2.50. The van der Waals surface area contributed by atoms with Crippen molar-refractivity contribution in [3.63, 3.8) is 0 Å². The van der Waals surface area contributed by atoms with Crippen LogP contribution in [0, 0.1) is 0 Å². The molecule has 0 unspecified atom stereocenters. The summed E-state index contributed by atoms with van der Waals surface area (Å²) in [5.41, 5.74) is -1.40. The van der Waals surface area contributed by atoms with Gasteiger partial charge in [0.25, 0.3) is 5.91 Å². The number of aromatic nitrogens is 1. The lowest BCUT2D eigenvalue weighted by atomic mass is 10.1. The molecule has 0 aliphatic rings. The fraction of sp³-hybridized carbons (Fsp3) is 0.696. The number of ether oxygens (including phenoxy) is 3. The number of esters is 1. The second kappa shape index (κ2) is 13.7. The van der Waals surface area contributed by atoms with E-state index in [4.69, 9.17) is 14.2 Å². The van der Waals surface area contributed by atoms with Gasteiger partial charge in [-0.25, -0.2) is 0 Å². The summed E-state index contributed by atoms with van der Waals surface area (Å²) in [5, 5.41) is 0. The smallest absolute Gasteiger partial charge is 0.408 e. The number of alkyl halides is 3. The van der Waals surface area contributed by atoms with Gasteiger partial charge >= 0.3 is 12.1 Å². The molecule has 0 saturated carbocycles.